The molecular formula is C12H15ClFNO5S. The Kier molecular flexibility index (Phi) is 5.32. The summed E-state index contributed by atoms with van der Waals surface area (Å²) in [5, 5.41) is 17.1. The van der Waals surface area contributed by atoms with Crippen LogP contribution in [0.3, 0.4) is 0 Å². The molecule has 0 amide bonds. The van der Waals surface area contributed by atoms with Crippen molar-refractivity contribution < 1.29 is 27.8 Å². The van der Waals surface area contributed by atoms with Crippen LogP contribution in [-0.4, -0.2) is 36.7 Å². The van der Waals surface area contributed by atoms with Crippen molar-refractivity contribution in [2.24, 2.45) is 0 Å². The van der Waals surface area contributed by atoms with E-state index in [1.165, 1.54) is 13.8 Å². The fourth-order valence-corrected chi connectivity index (χ4v) is 3.30. The number of aliphatic hydroxyl groups excluding tert-OH is 1. The third kappa shape index (κ3) is 4.37. The van der Waals surface area contributed by atoms with Gasteiger partial charge in [-0.15, -0.1) is 0 Å². The summed E-state index contributed by atoms with van der Waals surface area (Å²) in [7, 11) is -4.16. The number of carboxylic acids is 1. The van der Waals surface area contributed by atoms with E-state index >= 15 is 0 Å². The number of halogens is 2. The predicted octanol–water partition coefficient (Wildman–Crippen LogP) is 1.62. The zero-order valence-electron chi connectivity index (χ0n) is 11.4. The smallest absolute Gasteiger partial charge is 0.337 e. The number of carboxylic acid groups (broad SMARTS) is 1. The molecule has 0 radical (unpaired) electrons. The Morgan fingerprint density at radius 3 is 2.48 bits per heavy atom. The molecule has 0 aliphatic rings. The summed E-state index contributed by atoms with van der Waals surface area (Å²) < 4.78 is 40.2. The van der Waals surface area contributed by atoms with Crippen LogP contribution in [0.5, 0.6) is 0 Å². The average Bonchev–Trinajstić information content (AvgIpc) is 2.30. The molecule has 0 saturated carbocycles. The summed E-state index contributed by atoms with van der Waals surface area (Å²) in [5.41, 5.74) is -1.62. The Bertz CT molecular complexity index is 660. The minimum atomic E-state index is -4.16. The van der Waals surface area contributed by atoms with Crippen molar-refractivity contribution in [1.29, 1.82) is 0 Å². The number of aliphatic hydroxyl groups is 1. The molecular weight excluding hydrogens is 325 g/mol. The van der Waals surface area contributed by atoms with Gasteiger partial charge in [0.2, 0.25) is 10.0 Å². The molecule has 0 fully saturated rings. The van der Waals surface area contributed by atoms with E-state index in [1.54, 1.807) is 0 Å². The van der Waals surface area contributed by atoms with Gasteiger partial charge in [-0.2, -0.15) is 0 Å². The third-order valence-corrected chi connectivity index (χ3v) is 4.75. The van der Waals surface area contributed by atoms with Crippen molar-refractivity contribution >= 4 is 27.6 Å². The number of benzene rings is 1. The summed E-state index contributed by atoms with van der Waals surface area (Å²) in [6, 6.07) is 1.43. The van der Waals surface area contributed by atoms with Crippen LogP contribution in [0.2, 0.25) is 5.02 Å². The van der Waals surface area contributed by atoms with Crippen LogP contribution in [-0.2, 0) is 10.0 Å². The molecule has 0 spiro atoms. The molecule has 0 atom stereocenters. The summed E-state index contributed by atoms with van der Waals surface area (Å²) in [5.74, 6) is -2.68. The number of carbonyl (C=O) groups is 1. The molecule has 118 valence electrons. The summed E-state index contributed by atoms with van der Waals surface area (Å²) in [4.78, 5) is 10.4. The molecule has 0 unspecified atom stereocenters. The summed E-state index contributed by atoms with van der Waals surface area (Å²) in [6.07, 6.45) is 0.133. The first-order valence-corrected chi connectivity index (χ1v) is 7.73. The van der Waals surface area contributed by atoms with Crippen molar-refractivity contribution in [3.63, 3.8) is 0 Å². The topological polar surface area (TPSA) is 104 Å². The average molecular weight is 340 g/mol. The Morgan fingerprint density at radius 2 is 2.00 bits per heavy atom. The molecule has 0 aliphatic heterocycles. The van der Waals surface area contributed by atoms with Gasteiger partial charge in [0.05, 0.1) is 15.5 Å². The predicted molar refractivity (Wildman–Crippen MR) is 74.5 cm³/mol. The fourth-order valence-electron chi connectivity index (χ4n) is 1.63. The van der Waals surface area contributed by atoms with Crippen LogP contribution < -0.4 is 4.72 Å². The maximum Gasteiger partial charge on any atom is 0.337 e. The van der Waals surface area contributed by atoms with Gasteiger partial charge >= 0.3 is 5.97 Å². The van der Waals surface area contributed by atoms with Gasteiger partial charge in [-0.1, -0.05) is 11.6 Å². The molecule has 1 aromatic carbocycles. The number of sulfonamides is 1. The Labute approximate surface area is 126 Å². The van der Waals surface area contributed by atoms with Crippen molar-refractivity contribution in [2.75, 3.05) is 6.61 Å². The monoisotopic (exact) mass is 339 g/mol. The molecule has 9 heteroatoms. The lowest BCUT2D eigenvalue weighted by Gasteiger charge is -2.25. The SMILES string of the molecule is CC(C)(CCO)NS(=O)(=O)c1cc(F)c(Cl)c(C(=O)O)c1. The van der Waals surface area contributed by atoms with Gasteiger partial charge in [0.15, 0.2) is 0 Å². The number of hydrogen-bond donors (Lipinski definition) is 3. The van der Waals surface area contributed by atoms with Gasteiger partial charge in [-0.25, -0.2) is 22.3 Å². The van der Waals surface area contributed by atoms with E-state index in [2.05, 4.69) is 4.72 Å². The van der Waals surface area contributed by atoms with Gasteiger partial charge in [-0.05, 0) is 32.4 Å². The molecule has 21 heavy (non-hydrogen) atoms. The first kappa shape index (κ1) is 17.8. The van der Waals surface area contributed by atoms with Crippen LogP contribution in [0, 0.1) is 5.82 Å². The standard InChI is InChI=1S/C12H15ClFNO5S/c1-12(2,3-4-16)15-21(19,20)7-5-8(11(17)18)10(13)9(14)6-7/h5-6,15-16H,3-4H2,1-2H3,(H,17,18). The van der Waals surface area contributed by atoms with Gasteiger partial charge in [-0.3, -0.25) is 0 Å². The van der Waals surface area contributed by atoms with E-state index in [0.717, 1.165) is 6.07 Å². The molecule has 1 aromatic rings. The number of rotatable bonds is 6. The van der Waals surface area contributed by atoms with Crippen LogP contribution in [0.15, 0.2) is 17.0 Å². The highest BCUT2D eigenvalue weighted by Crippen LogP contribution is 2.25. The van der Waals surface area contributed by atoms with E-state index in [-0.39, 0.29) is 13.0 Å². The normalized spacial score (nSPS) is 12.4. The Morgan fingerprint density at radius 1 is 1.43 bits per heavy atom. The van der Waals surface area contributed by atoms with Crippen LogP contribution in [0.1, 0.15) is 30.6 Å². The van der Waals surface area contributed by atoms with E-state index in [1.807, 2.05) is 0 Å². The number of aromatic carboxylic acids is 1. The molecule has 0 aromatic heterocycles. The van der Waals surface area contributed by atoms with Crippen LogP contribution >= 0.6 is 11.6 Å². The van der Waals surface area contributed by atoms with Crippen molar-refractivity contribution in [3.05, 3.63) is 28.5 Å². The molecule has 1 rings (SSSR count). The second kappa shape index (κ2) is 6.27. The lowest BCUT2D eigenvalue weighted by molar-refractivity contribution is 0.0696. The largest absolute Gasteiger partial charge is 0.478 e. The van der Waals surface area contributed by atoms with E-state index in [4.69, 9.17) is 21.8 Å². The number of nitrogens with one attached hydrogen (secondary N) is 1. The highest BCUT2D eigenvalue weighted by atomic mass is 35.5. The van der Waals surface area contributed by atoms with E-state index < -0.39 is 42.8 Å². The Balaban J connectivity index is 3.30. The first-order valence-electron chi connectivity index (χ1n) is 5.87. The molecule has 0 saturated heterocycles. The highest BCUT2D eigenvalue weighted by molar-refractivity contribution is 7.89. The maximum atomic E-state index is 13.6. The van der Waals surface area contributed by atoms with Crippen molar-refractivity contribution in [1.82, 2.24) is 4.72 Å². The summed E-state index contributed by atoms with van der Waals surface area (Å²) >= 11 is 5.49. The van der Waals surface area contributed by atoms with Gasteiger partial charge in [0, 0.05) is 12.1 Å². The number of hydrogen-bond acceptors (Lipinski definition) is 4. The Hall–Kier alpha value is -1.22. The third-order valence-electron chi connectivity index (χ3n) is 2.69. The quantitative estimate of drug-likeness (QED) is 0.730. The first-order chi connectivity index (χ1) is 9.50. The maximum absolute atomic E-state index is 13.6. The minimum absolute atomic E-state index is 0.133. The fraction of sp³-hybridized carbons (Fsp3) is 0.417. The second-order valence-corrected chi connectivity index (χ2v) is 7.10. The molecule has 3 N–H and O–H groups in total. The zero-order valence-corrected chi connectivity index (χ0v) is 12.9. The zero-order chi connectivity index (χ0) is 16.4. The summed E-state index contributed by atoms with van der Waals surface area (Å²) in [6.45, 7) is 2.82. The highest BCUT2D eigenvalue weighted by Gasteiger charge is 2.28. The van der Waals surface area contributed by atoms with Crippen LogP contribution in [0.4, 0.5) is 4.39 Å². The van der Waals surface area contributed by atoms with E-state index in [9.17, 15) is 17.6 Å². The van der Waals surface area contributed by atoms with Crippen LogP contribution in [0.25, 0.3) is 0 Å². The van der Waals surface area contributed by atoms with Gasteiger partial charge in [0.25, 0.3) is 0 Å². The molecule has 0 aliphatic carbocycles. The second-order valence-electron chi connectivity index (χ2n) is 5.03. The molecule has 6 nitrogen and oxygen atoms in total. The lowest BCUT2D eigenvalue weighted by Crippen LogP contribution is -2.44. The molecule has 0 bridgehead atoms. The van der Waals surface area contributed by atoms with E-state index in [0.29, 0.717) is 6.07 Å². The minimum Gasteiger partial charge on any atom is -0.478 e. The lowest BCUT2D eigenvalue weighted by atomic mass is 10.0. The molecule has 0 heterocycles. The van der Waals surface area contributed by atoms with Crippen molar-refractivity contribution in [2.45, 2.75) is 30.7 Å². The van der Waals surface area contributed by atoms with Gasteiger partial charge < -0.3 is 10.2 Å². The van der Waals surface area contributed by atoms with Gasteiger partial charge in [0.1, 0.15) is 5.82 Å². The van der Waals surface area contributed by atoms with Crippen molar-refractivity contribution in [3.8, 4) is 0 Å².